The molecular weight excluding hydrogens is 552 g/mol. The van der Waals surface area contributed by atoms with Gasteiger partial charge in [-0.3, -0.25) is 9.88 Å². The van der Waals surface area contributed by atoms with E-state index in [0.717, 1.165) is 45.7 Å². The van der Waals surface area contributed by atoms with Gasteiger partial charge in [0.2, 0.25) is 10.0 Å². The second-order valence-corrected chi connectivity index (χ2v) is 10.8. The van der Waals surface area contributed by atoms with Crippen molar-refractivity contribution in [2.75, 3.05) is 45.1 Å². The summed E-state index contributed by atoms with van der Waals surface area (Å²) in [5, 5.41) is 14.2. The van der Waals surface area contributed by atoms with Crippen molar-refractivity contribution in [2.24, 2.45) is 5.41 Å². The summed E-state index contributed by atoms with van der Waals surface area (Å²) >= 11 is 0. The molecule has 2 fully saturated rings. The Morgan fingerprint density at radius 3 is 2.00 bits per heavy atom. The standard InChI is InChI=1S/C17H27N3O3S.2C2HF3O2/c1-2-24(21,22)20-8-5-17(6-9-20)14-19(10-11-23-15-17)13-16-4-3-7-18-12-16;2*3-2(4,5)1(6)7/h3-4,7,12H,2,5-6,8-11,13-15H2,1H3;2*(H,6,7). The molecule has 2 N–H and O–H groups in total. The molecule has 10 nitrogen and oxygen atoms in total. The normalized spacial score (nSPS) is 18.8. The number of aliphatic carboxylic acids is 2. The lowest BCUT2D eigenvalue weighted by Gasteiger charge is -2.42. The van der Waals surface area contributed by atoms with Crippen LogP contribution in [0.15, 0.2) is 24.5 Å². The van der Waals surface area contributed by atoms with Gasteiger partial charge in [0.25, 0.3) is 0 Å². The molecule has 38 heavy (non-hydrogen) atoms. The van der Waals surface area contributed by atoms with Gasteiger partial charge < -0.3 is 14.9 Å². The summed E-state index contributed by atoms with van der Waals surface area (Å²) in [4.78, 5) is 24.4. The first-order chi connectivity index (χ1) is 17.4. The summed E-state index contributed by atoms with van der Waals surface area (Å²) in [6.45, 7) is 7.14. The topological polar surface area (TPSA) is 137 Å². The fourth-order valence-corrected chi connectivity index (χ4v) is 4.79. The van der Waals surface area contributed by atoms with E-state index in [4.69, 9.17) is 24.5 Å². The van der Waals surface area contributed by atoms with E-state index in [-0.39, 0.29) is 11.2 Å². The van der Waals surface area contributed by atoms with Gasteiger partial charge in [-0.15, -0.1) is 0 Å². The fraction of sp³-hybridized carbons (Fsp3) is 0.667. The third-order valence-corrected chi connectivity index (χ3v) is 7.56. The van der Waals surface area contributed by atoms with E-state index in [9.17, 15) is 34.8 Å². The van der Waals surface area contributed by atoms with Crippen LogP contribution in [0.2, 0.25) is 0 Å². The van der Waals surface area contributed by atoms with E-state index in [1.165, 1.54) is 5.56 Å². The minimum Gasteiger partial charge on any atom is -0.475 e. The predicted molar refractivity (Wildman–Crippen MR) is 120 cm³/mol. The molecule has 1 aromatic heterocycles. The Morgan fingerprint density at radius 2 is 1.58 bits per heavy atom. The number of carboxylic acids is 2. The molecule has 1 spiro atoms. The van der Waals surface area contributed by atoms with Gasteiger partial charge in [-0.1, -0.05) is 6.07 Å². The van der Waals surface area contributed by atoms with Crippen molar-refractivity contribution >= 4 is 22.0 Å². The predicted octanol–water partition coefficient (Wildman–Crippen LogP) is 2.61. The van der Waals surface area contributed by atoms with Crippen molar-refractivity contribution in [2.45, 2.75) is 38.7 Å². The SMILES string of the molecule is CCS(=O)(=O)N1CCC2(CC1)COCCN(Cc1cccnc1)C2.O=C(O)C(F)(F)F.O=C(O)C(F)(F)F. The molecule has 0 radical (unpaired) electrons. The zero-order chi connectivity index (χ0) is 29.2. The maximum absolute atomic E-state index is 12.1. The molecule has 3 heterocycles. The maximum Gasteiger partial charge on any atom is 0.490 e. The van der Waals surface area contributed by atoms with Crippen molar-refractivity contribution < 1.29 is 59.3 Å². The second-order valence-electron chi connectivity index (χ2n) is 8.53. The van der Waals surface area contributed by atoms with E-state index in [2.05, 4.69) is 16.0 Å². The molecule has 218 valence electrons. The minimum absolute atomic E-state index is 0.0679. The lowest BCUT2D eigenvalue weighted by Crippen LogP contribution is -2.49. The Kier molecular flexibility index (Phi) is 12.4. The Bertz CT molecular complexity index is 975. The lowest BCUT2D eigenvalue weighted by atomic mass is 9.79. The summed E-state index contributed by atoms with van der Waals surface area (Å²) in [7, 11) is -3.08. The number of piperidine rings is 1. The maximum atomic E-state index is 12.1. The third-order valence-electron chi connectivity index (χ3n) is 5.67. The zero-order valence-electron chi connectivity index (χ0n) is 20.3. The Hall–Kier alpha value is -2.50. The number of ether oxygens (including phenoxy) is 1. The number of halogens is 6. The van der Waals surface area contributed by atoms with Crippen LogP contribution < -0.4 is 0 Å². The molecule has 2 aliphatic rings. The summed E-state index contributed by atoms with van der Waals surface area (Å²) in [6.07, 6.45) is -4.72. The van der Waals surface area contributed by atoms with Crippen LogP contribution in [0.25, 0.3) is 0 Å². The number of sulfonamides is 1. The van der Waals surface area contributed by atoms with Crippen LogP contribution in [0.4, 0.5) is 26.3 Å². The Labute approximate surface area is 215 Å². The van der Waals surface area contributed by atoms with Gasteiger partial charge >= 0.3 is 24.3 Å². The van der Waals surface area contributed by atoms with Crippen molar-refractivity contribution in [3.8, 4) is 0 Å². The first kappa shape index (κ1) is 33.5. The Morgan fingerprint density at radius 1 is 1.05 bits per heavy atom. The minimum atomic E-state index is -5.08. The highest BCUT2D eigenvalue weighted by Gasteiger charge is 2.40. The van der Waals surface area contributed by atoms with E-state index >= 15 is 0 Å². The van der Waals surface area contributed by atoms with Crippen molar-refractivity contribution in [3.05, 3.63) is 30.1 Å². The highest BCUT2D eigenvalue weighted by Crippen LogP contribution is 2.35. The first-order valence-electron chi connectivity index (χ1n) is 11.2. The van der Waals surface area contributed by atoms with Gasteiger partial charge in [0, 0.05) is 50.5 Å². The highest BCUT2D eigenvalue weighted by atomic mass is 32.2. The van der Waals surface area contributed by atoms with Crippen molar-refractivity contribution in [1.82, 2.24) is 14.2 Å². The molecule has 3 rings (SSSR count). The fourth-order valence-electron chi connectivity index (χ4n) is 3.69. The number of alkyl halides is 6. The summed E-state index contributed by atoms with van der Waals surface area (Å²) < 4.78 is 95.1. The van der Waals surface area contributed by atoms with Crippen LogP contribution in [0.1, 0.15) is 25.3 Å². The molecule has 0 atom stereocenters. The van der Waals surface area contributed by atoms with E-state index in [1.54, 1.807) is 17.4 Å². The van der Waals surface area contributed by atoms with E-state index in [0.29, 0.717) is 13.1 Å². The largest absolute Gasteiger partial charge is 0.490 e. The van der Waals surface area contributed by atoms with Crippen molar-refractivity contribution in [3.63, 3.8) is 0 Å². The Balaban J connectivity index is 0.000000426. The number of rotatable bonds is 4. The number of carboxylic acid groups (broad SMARTS) is 2. The molecule has 0 saturated carbocycles. The molecule has 0 aromatic carbocycles. The summed E-state index contributed by atoms with van der Waals surface area (Å²) in [5.41, 5.74) is 1.28. The van der Waals surface area contributed by atoms with Crippen molar-refractivity contribution in [1.29, 1.82) is 0 Å². The summed E-state index contributed by atoms with van der Waals surface area (Å²) in [5.74, 6) is -5.33. The average molecular weight is 582 g/mol. The van der Waals surface area contributed by atoms with Gasteiger partial charge in [0.1, 0.15) is 0 Å². The molecule has 17 heteroatoms. The average Bonchev–Trinajstić information content (AvgIpc) is 3.01. The van der Waals surface area contributed by atoms with Crippen LogP contribution in [-0.2, 0) is 30.9 Å². The summed E-state index contributed by atoms with van der Waals surface area (Å²) in [6, 6.07) is 4.06. The molecule has 0 amide bonds. The third kappa shape index (κ3) is 11.5. The molecule has 0 bridgehead atoms. The molecule has 0 unspecified atom stereocenters. The monoisotopic (exact) mass is 581 g/mol. The highest BCUT2D eigenvalue weighted by molar-refractivity contribution is 7.89. The molecule has 1 aromatic rings. The number of hydrogen-bond donors (Lipinski definition) is 2. The lowest BCUT2D eigenvalue weighted by molar-refractivity contribution is -0.193. The second kappa shape index (κ2) is 14.0. The van der Waals surface area contributed by atoms with Gasteiger partial charge in [-0.05, 0) is 31.4 Å². The van der Waals surface area contributed by atoms with Gasteiger partial charge in [-0.2, -0.15) is 26.3 Å². The van der Waals surface area contributed by atoms with Gasteiger partial charge in [-0.25, -0.2) is 22.3 Å². The zero-order valence-corrected chi connectivity index (χ0v) is 21.2. The van der Waals surface area contributed by atoms with Crippen LogP contribution in [0, 0.1) is 5.41 Å². The number of nitrogens with zero attached hydrogens (tertiary/aromatic N) is 3. The van der Waals surface area contributed by atoms with Gasteiger partial charge in [0.15, 0.2) is 0 Å². The van der Waals surface area contributed by atoms with Crippen LogP contribution in [0.5, 0.6) is 0 Å². The smallest absolute Gasteiger partial charge is 0.475 e. The first-order valence-corrected chi connectivity index (χ1v) is 12.8. The van der Waals surface area contributed by atoms with E-state index in [1.807, 2.05) is 12.3 Å². The quantitative estimate of drug-likeness (QED) is 0.514. The van der Waals surface area contributed by atoms with Crippen LogP contribution >= 0.6 is 0 Å². The number of aromatic nitrogens is 1. The van der Waals surface area contributed by atoms with Crippen LogP contribution in [-0.4, -0.2) is 102 Å². The van der Waals surface area contributed by atoms with Crippen LogP contribution in [0.3, 0.4) is 0 Å². The molecule has 2 aliphatic heterocycles. The number of hydrogen-bond acceptors (Lipinski definition) is 7. The van der Waals surface area contributed by atoms with E-state index < -0.39 is 34.3 Å². The number of carbonyl (C=O) groups is 2. The van der Waals surface area contributed by atoms with Gasteiger partial charge in [0.05, 0.1) is 19.0 Å². The molecule has 0 aliphatic carbocycles. The molecule has 2 saturated heterocycles. The molecular formula is C21H29F6N3O7S. The number of pyridine rings is 1.